The van der Waals surface area contributed by atoms with Crippen molar-refractivity contribution in [1.29, 1.82) is 0 Å². The Balaban J connectivity index is 2.32. The van der Waals surface area contributed by atoms with Crippen LogP contribution in [-0.2, 0) is 19.8 Å². The minimum absolute atomic E-state index is 0.264. The van der Waals surface area contributed by atoms with E-state index >= 15 is 0 Å². The van der Waals surface area contributed by atoms with Crippen molar-refractivity contribution in [3.8, 4) is 0 Å². The normalized spacial score (nSPS) is 19.0. The van der Waals surface area contributed by atoms with Gasteiger partial charge in [0, 0.05) is 13.2 Å². The third kappa shape index (κ3) is 3.63. The van der Waals surface area contributed by atoms with Crippen LogP contribution >= 0.6 is 0 Å². The maximum atomic E-state index is 12.5. The van der Waals surface area contributed by atoms with Crippen LogP contribution in [0, 0.1) is 0 Å². The van der Waals surface area contributed by atoms with E-state index in [-0.39, 0.29) is 12.6 Å². The van der Waals surface area contributed by atoms with Gasteiger partial charge in [0.1, 0.15) is 0 Å². The number of rotatable bonds is 6. The molecule has 116 valence electrons. The van der Waals surface area contributed by atoms with Gasteiger partial charge in [-0.1, -0.05) is 49.6 Å². The Morgan fingerprint density at radius 3 is 2.43 bits per heavy atom. The molecule has 1 aromatic rings. The Bertz CT molecular complexity index is 443. The fourth-order valence-electron chi connectivity index (χ4n) is 3.15. The van der Waals surface area contributed by atoms with E-state index in [0.29, 0.717) is 6.04 Å². The first-order valence-corrected chi connectivity index (χ1v) is 7.63. The molecule has 0 bridgehead atoms. The van der Waals surface area contributed by atoms with Crippen molar-refractivity contribution in [3.63, 3.8) is 0 Å². The summed E-state index contributed by atoms with van der Waals surface area (Å²) < 4.78 is 10.4. The van der Waals surface area contributed by atoms with Crippen molar-refractivity contribution in [2.24, 2.45) is 0 Å². The first-order chi connectivity index (χ1) is 10.2. The lowest BCUT2D eigenvalue weighted by molar-refractivity contribution is -0.152. The molecule has 21 heavy (non-hydrogen) atoms. The highest BCUT2D eigenvalue weighted by Gasteiger charge is 2.43. The summed E-state index contributed by atoms with van der Waals surface area (Å²) in [4.78, 5) is 12.5. The molecule has 1 N–H and O–H groups in total. The van der Waals surface area contributed by atoms with Gasteiger partial charge in [-0.25, -0.2) is 4.79 Å². The highest BCUT2D eigenvalue weighted by Crippen LogP contribution is 2.28. The van der Waals surface area contributed by atoms with Crippen molar-refractivity contribution in [2.75, 3.05) is 20.8 Å². The van der Waals surface area contributed by atoms with E-state index in [1.165, 1.54) is 26.4 Å². The molecule has 0 aliphatic heterocycles. The monoisotopic (exact) mass is 291 g/mol. The summed E-state index contributed by atoms with van der Waals surface area (Å²) in [6, 6.07) is 10.0. The molecule has 0 spiro atoms. The quantitative estimate of drug-likeness (QED) is 0.819. The van der Waals surface area contributed by atoms with Crippen LogP contribution in [0.15, 0.2) is 30.3 Å². The highest BCUT2D eigenvalue weighted by molar-refractivity contribution is 5.83. The van der Waals surface area contributed by atoms with Gasteiger partial charge >= 0.3 is 5.97 Å². The van der Waals surface area contributed by atoms with Crippen LogP contribution in [0.2, 0.25) is 0 Å². The third-order valence-electron chi connectivity index (χ3n) is 4.22. The van der Waals surface area contributed by atoms with E-state index in [1.54, 1.807) is 7.11 Å². The fourth-order valence-corrected chi connectivity index (χ4v) is 3.15. The van der Waals surface area contributed by atoms with Gasteiger partial charge in [0.2, 0.25) is 0 Å². The molecule has 0 saturated heterocycles. The van der Waals surface area contributed by atoms with Gasteiger partial charge in [-0.2, -0.15) is 0 Å². The SMILES string of the molecule is COCC(NC1CCCCC1)(C(=O)OC)c1ccccc1. The Morgan fingerprint density at radius 1 is 1.19 bits per heavy atom. The summed E-state index contributed by atoms with van der Waals surface area (Å²) in [5.41, 5.74) is -0.0310. The molecule has 1 saturated carbocycles. The molecule has 1 aliphatic carbocycles. The Kier molecular flexibility index (Phi) is 5.76. The number of methoxy groups -OCH3 is 2. The number of ether oxygens (including phenoxy) is 2. The van der Waals surface area contributed by atoms with Crippen LogP contribution in [-0.4, -0.2) is 32.8 Å². The van der Waals surface area contributed by atoms with E-state index < -0.39 is 5.54 Å². The Labute approximate surface area is 126 Å². The Hall–Kier alpha value is -1.39. The van der Waals surface area contributed by atoms with Crippen LogP contribution in [0.5, 0.6) is 0 Å². The van der Waals surface area contributed by atoms with Crippen LogP contribution in [0.25, 0.3) is 0 Å². The number of carbonyl (C=O) groups is 1. The number of esters is 1. The van der Waals surface area contributed by atoms with Gasteiger partial charge in [0.25, 0.3) is 0 Å². The zero-order chi connectivity index (χ0) is 15.1. The maximum absolute atomic E-state index is 12.5. The van der Waals surface area contributed by atoms with E-state index in [4.69, 9.17) is 9.47 Å². The molecule has 2 rings (SSSR count). The number of carbonyl (C=O) groups excluding carboxylic acids is 1. The molecular formula is C17H25NO3. The minimum Gasteiger partial charge on any atom is -0.467 e. The van der Waals surface area contributed by atoms with Crippen molar-refractivity contribution in [1.82, 2.24) is 5.32 Å². The second-order valence-electron chi connectivity index (χ2n) is 5.68. The number of benzene rings is 1. The lowest BCUT2D eigenvalue weighted by Gasteiger charge is -2.37. The molecule has 0 heterocycles. The van der Waals surface area contributed by atoms with Crippen molar-refractivity contribution < 1.29 is 14.3 Å². The van der Waals surface area contributed by atoms with Crippen molar-refractivity contribution in [2.45, 2.75) is 43.7 Å². The molecule has 1 fully saturated rings. The van der Waals surface area contributed by atoms with Gasteiger partial charge in [-0.15, -0.1) is 0 Å². The third-order valence-corrected chi connectivity index (χ3v) is 4.22. The van der Waals surface area contributed by atoms with Crippen LogP contribution in [0.4, 0.5) is 0 Å². The number of nitrogens with one attached hydrogen (secondary N) is 1. The largest absolute Gasteiger partial charge is 0.467 e. The smallest absolute Gasteiger partial charge is 0.333 e. The van der Waals surface area contributed by atoms with Gasteiger partial charge in [-0.3, -0.25) is 5.32 Å². The van der Waals surface area contributed by atoms with Crippen LogP contribution < -0.4 is 5.32 Å². The summed E-state index contributed by atoms with van der Waals surface area (Å²) in [5.74, 6) is -0.291. The lowest BCUT2D eigenvalue weighted by Crippen LogP contribution is -2.57. The van der Waals surface area contributed by atoms with E-state index in [2.05, 4.69) is 5.32 Å². The first kappa shape index (κ1) is 16.0. The fraction of sp³-hybridized carbons (Fsp3) is 0.588. The van der Waals surface area contributed by atoms with Crippen LogP contribution in [0.3, 0.4) is 0 Å². The standard InChI is InChI=1S/C17H25NO3/c1-20-13-17(16(19)21-2,14-9-5-3-6-10-14)18-15-11-7-4-8-12-15/h3,5-6,9-10,15,18H,4,7-8,11-13H2,1-2H3. The number of hydrogen-bond donors (Lipinski definition) is 1. The van der Waals surface area contributed by atoms with Gasteiger partial charge in [0.15, 0.2) is 5.54 Å². The molecule has 1 aromatic carbocycles. The topological polar surface area (TPSA) is 47.6 Å². The predicted octanol–water partition coefficient (Wildman–Crippen LogP) is 2.62. The summed E-state index contributed by atoms with van der Waals surface area (Å²) >= 11 is 0. The molecule has 1 aliphatic rings. The summed E-state index contributed by atoms with van der Waals surface area (Å²) in [5, 5.41) is 3.54. The molecule has 0 radical (unpaired) electrons. The minimum atomic E-state index is -0.924. The highest BCUT2D eigenvalue weighted by atomic mass is 16.5. The molecular weight excluding hydrogens is 266 g/mol. The van der Waals surface area contributed by atoms with E-state index in [0.717, 1.165) is 18.4 Å². The summed E-state index contributed by atoms with van der Waals surface area (Å²) in [6.45, 7) is 0.264. The van der Waals surface area contributed by atoms with Crippen molar-refractivity contribution >= 4 is 5.97 Å². The zero-order valence-electron chi connectivity index (χ0n) is 12.9. The second-order valence-corrected chi connectivity index (χ2v) is 5.68. The molecule has 4 heteroatoms. The van der Waals surface area contributed by atoms with Gasteiger partial charge < -0.3 is 9.47 Å². The van der Waals surface area contributed by atoms with Gasteiger partial charge in [-0.05, 0) is 18.4 Å². The predicted molar refractivity (Wildman–Crippen MR) is 82.0 cm³/mol. The van der Waals surface area contributed by atoms with Gasteiger partial charge in [0.05, 0.1) is 13.7 Å². The number of hydrogen-bond acceptors (Lipinski definition) is 4. The molecule has 1 atom stereocenters. The summed E-state index contributed by atoms with van der Waals surface area (Å²) in [7, 11) is 3.04. The molecule has 0 amide bonds. The second kappa shape index (κ2) is 7.57. The van der Waals surface area contributed by atoms with E-state index in [9.17, 15) is 4.79 Å². The molecule has 1 unspecified atom stereocenters. The molecule has 0 aromatic heterocycles. The Morgan fingerprint density at radius 2 is 1.86 bits per heavy atom. The summed E-state index contributed by atoms with van der Waals surface area (Å²) in [6.07, 6.45) is 5.87. The average molecular weight is 291 g/mol. The maximum Gasteiger partial charge on any atom is 0.333 e. The van der Waals surface area contributed by atoms with E-state index in [1.807, 2.05) is 30.3 Å². The van der Waals surface area contributed by atoms with Crippen LogP contribution in [0.1, 0.15) is 37.7 Å². The lowest BCUT2D eigenvalue weighted by atomic mass is 9.86. The molecule has 4 nitrogen and oxygen atoms in total. The first-order valence-electron chi connectivity index (χ1n) is 7.63. The zero-order valence-corrected chi connectivity index (χ0v) is 12.9. The van der Waals surface area contributed by atoms with Crippen molar-refractivity contribution in [3.05, 3.63) is 35.9 Å². The average Bonchev–Trinajstić information content (AvgIpc) is 2.55.